The maximum absolute atomic E-state index is 13.5. The zero-order chi connectivity index (χ0) is 22.9. The van der Waals surface area contributed by atoms with Crippen molar-refractivity contribution in [1.82, 2.24) is 4.98 Å². The molecule has 0 bridgehead atoms. The molecule has 1 aliphatic rings. The van der Waals surface area contributed by atoms with Crippen molar-refractivity contribution in [1.29, 1.82) is 0 Å². The van der Waals surface area contributed by atoms with Crippen molar-refractivity contribution in [2.75, 3.05) is 19.1 Å². The van der Waals surface area contributed by atoms with E-state index in [1.165, 1.54) is 18.2 Å². The monoisotopic (exact) mass is 496 g/mol. The Morgan fingerprint density at radius 2 is 1.88 bits per heavy atom. The third kappa shape index (κ3) is 3.87. The molecule has 3 aromatic rings. The number of aromatic nitrogens is 1. The number of ether oxygens (including phenoxy) is 2. The number of rotatable bonds is 7. The molecule has 0 fully saturated rings. The number of hydrogen-bond acceptors (Lipinski definition) is 6. The van der Waals surface area contributed by atoms with E-state index in [2.05, 4.69) is 20.9 Å². The Morgan fingerprint density at radius 3 is 2.56 bits per heavy atom. The van der Waals surface area contributed by atoms with Crippen LogP contribution in [0.4, 0.5) is 5.69 Å². The van der Waals surface area contributed by atoms with Gasteiger partial charge in [-0.2, -0.15) is 0 Å². The maximum Gasteiger partial charge on any atom is 0.264 e. The Morgan fingerprint density at radius 1 is 1.09 bits per heavy atom. The lowest BCUT2D eigenvalue weighted by molar-refractivity contribution is -0.136. The van der Waals surface area contributed by atoms with Crippen molar-refractivity contribution in [3.63, 3.8) is 0 Å². The van der Waals surface area contributed by atoms with Crippen LogP contribution in [0.5, 0.6) is 11.5 Å². The number of halogens is 1. The Kier molecular flexibility index (Phi) is 5.99. The quantitative estimate of drug-likeness (QED) is 0.499. The molecule has 1 atom stereocenters. The molecule has 32 heavy (non-hydrogen) atoms. The fourth-order valence-electron chi connectivity index (χ4n) is 3.86. The summed E-state index contributed by atoms with van der Waals surface area (Å²) in [5, 5.41) is 11.5. The molecule has 4 rings (SSSR count). The summed E-state index contributed by atoms with van der Waals surface area (Å²) in [6.07, 6.45) is 1.09. The number of ketones is 1. The number of hydrogen-bond donors (Lipinski definition) is 1. The lowest BCUT2D eigenvalue weighted by atomic mass is 9.89. The van der Waals surface area contributed by atoms with Gasteiger partial charge < -0.3 is 19.5 Å². The van der Waals surface area contributed by atoms with Gasteiger partial charge in [-0.05, 0) is 48.0 Å². The van der Waals surface area contributed by atoms with Gasteiger partial charge in [0.25, 0.3) is 5.91 Å². The number of carbonyl (C=O) groups excluding carboxylic acids is 2. The van der Waals surface area contributed by atoms with Gasteiger partial charge in [0.2, 0.25) is 0 Å². The topological polar surface area (TPSA) is 89.0 Å². The van der Waals surface area contributed by atoms with Gasteiger partial charge >= 0.3 is 0 Å². The molecule has 1 amide bonds. The third-order valence-electron chi connectivity index (χ3n) is 5.45. The highest BCUT2D eigenvalue weighted by molar-refractivity contribution is 9.10. The first-order valence-corrected chi connectivity index (χ1v) is 10.7. The van der Waals surface area contributed by atoms with Crippen LogP contribution < -0.4 is 14.4 Å². The van der Waals surface area contributed by atoms with Crippen molar-refractivity contribution < 1.29 is 24.2 Å². The second kappa shape index (κ2) is 8.72. The van der Waals surface area contributed by atoms with Crippen LogP contribution in [0.2, 0.25) is 0 Å². The van der Waals surface area contributed by atoms with Gasteiger partial charge in [-0.3, -0.25) is 14.6 Å². The van der Waals surface area contributed by atoms with E-state index >= 15 is 0 Å². The molecular formula is C24H21BrN2O5. The summed E-state index contributed by atoms with van der Waals surface area (Å²) in [6.45, 7) is 0.188. The number of aliphatic hydroxyl groups is 1. The smallest absolute Gasteiger partial charge is 0.264 e. The Balaban J connectivity index is 1.70. The molecule has 1 aromatic heterocycles. The van der Waals surface area contributed by atoms with Crippen LogP contribution in [0.3, 0.4) is 0 Å². The Hall–Kier alpha value is -3.23. The molecule has 0 saturated carbocycles. The number of Topliss-reactive ketones (excluding diaryl/α,β-unsaturated/α-hetero) is 1. The van der Waals surface area contributed by atoms with E-state index in [0.717, 1.165) is 5.56 Å². The van der Waals surface area contributed by atoms with E-state index in [1.807, 2.05) is 6.07 Å². The number of methoxy groups -OCH3 is 2. The van der Waals surface area contributed by atoms with E-state index in [1.54, 1.807) is 55.6 Å². The van der Waals surface area contributed by atoms with E-state index in [4.69, 9.17) is 9.47 Å². The summed E-state index contributed by atoms with van der Waals surface area (Å²) in [5.41, 5.74) is -0.0932. The summed E-state index contributed by atoms with van der Waals surface area (Å²) < 4.78 is 11.3. The van der Waals surface area contributed by atoms with Crippen LogP contribution in [-0.4, -0.2) is 36.0 Å². The molecule has 164 valence electrons. The highest BCUT2D eigenvalue weighted by atomic mass is 79.9. The first-order chi connectivity index (χ1) is 15.4. The Labute approximate surface area is 193 Å². The van der Waals surface area contributed by atoms with Gasteiger partial charge in [0.05, 0.1) is 32.9 Å². The highest BCUT2D eigenvalue weighted by Gasteiger charge is 2.51. The van der Waals surface area contributed by atoms with E-state index < -0.39 is 23.7 Å². The molecule has 0 aliphatic carbocycles. The molecule has 8 heteroatoms. The summed E-state index contributed by atoms with van der Waals surface area (Å²) in [5.74, 6) is 0.129. The third-order valence-corrected chi connectivity index (χ3v) is 5.94. The molecule has 2 aromatic carbocycles. The minimum Gasteiger partial charge on any atom is -0.493 e. The molecule has 0 radical (unpaired) electrons. The standard InChI is InChI=1S/C24H21BrN2O5/c1-31-21-9-6-15(11-22(21)32-2)14-27-19-8-7-16(25)12-17(19)24(30,23(27)29)13-20(28)18-5-3-4-10-26-18/h3-12,30H,13-14H2,1-2H3/t24-/m0/s1. The van der Waals surface area contributed by atoms with Crippen LogP contribution in [0.1, 0.15) is 28.0 Å². The number of anilines is 1. The van der Waals surface area contributed by atoms with E-state index in [0.29, 0.717) is 27.2 Å². The molecule has 1 N–H and O–H groups in total. The van der Waals surface area contributed by atoms with Crippen LogP contribution in [0.25, 0.3) is 0 Å². The number of nitrogens with zero attached hydrogens (tertiary/aromatic N) is 2. The zero-order valence-corrected chi connectivity index (χ0v) is 19.1. The van der Waals surface area contributed by atoms with Crippen LogP contribution in [-0.2, 0) is 16.9 Å². The van der Waals surface area contributed by atoms with Crippen molar-refractivity contribution in [2.45, 2.75) is 18.6 Å². The average molecular weight is 497 g/mol. The normalized spacial score (nSPS) is 17.2. The van der Waals surface area contributed by atoms with Crippen molar-refractivity contribution >= 4 is 33.3 Å². The van der Waals surface area contributed by atoms with Gasteiger partial charge in [0.15, 0.2) is 22.9 Å². The van der Waals surface area contributed by atoms with Gasteiger partial charge in [0.1, 0.15) is 5.69 Å². The Bertz CT molecular complexity index is 1180. The molecule has 0 unspecified atom stereocenters. The molecule has 0 spiro atoms. The first kappa shape index (κ1) is 22.0. The van der Waals surface area contributed by atoms with Crippen LogP contribution in [0, 0.1) is 0 Å². The number of carbonyl (C=O) groups is 2. The second-order valence-corrected chi connectivity index (χ2v) is 8.33. The molecule has 2 heterocycles. The lowest BCUT2D eigenvalue weighted by Gasteiger charge is -2.23. The summed E-state index contributed by atoms with van der Waals surface area (Å²) in [4.78, 5) is 31.8. The molecule has 7 nitrogen and oxygen atoms in total. The van der Waals surface area contributed by atoms with E-state index in [-0.39, 0.29) is 12.2 Å². The predicted octanol–water partition coefficient (Wildman–Crippen LogP) is 3.87. The minimum atomic E-state index is -2.00. The number of amides is 1. The summed E-state index contributed by atoms with van der Waals surface area (Å²) in [7, 11) is 3.09. The lowest BCUT2D eigenvalue weighted by Crippen LogP contribution is -2.41. The summed E-state index contributed by atoms with van der Waals surface area (Å²) in [6, 6.07) is 15.5. The van der Waals surface area contributed by atoms with E-state index in [9.17, 15) is 14.7 Å². The number of benzene rings is 2. The second-order valence-electron chi connectivity index (χ2n) is 7.42. The van der Waals surface area contributed by atoms with Crippen LogP contribution >= 0.6 is 15.9 Å². The predicted molar refractivity (Wildman–Crippen MR) is 122 cm³/mol. The minimum absolute atomic E-state index is 0.188. The van der Waals surface area contributed by atoms with Gasteiger partial charge in [-0.25, -0.2) is 0 Å². The molecular weight excluding hydrogens is 476 g/mol. The first-order valence-electron chi connectivity index (χ1n) is 9.87. The molecule has 0 saturated heterocycles. The number of fused-ring (bicyclic) bond motifs is 1. The molecule has 1 aliphatic heterocycles. The largest absolute Gasteiger partial charge is 0.493 e. The van der Waals surface area contributed by atoms with Gasteiger partial charge in [-0.15, -0.1) is 0 Å². The number of pyridine rings is 1. The van der Waals surface area contributed by atoms with Crippen molar-refractivity contribution in [3.05, 3.63) is 82.1 Å². The fourth-order valence-corrected chi connectivity index (χ4v) is 4.22. The van der Waals surface area contributed by atoms with Gasteiger partial charge in [-0.1, -0.05) is 28.1 Å². The maximum atomic E-state index is 13.5. The van der Waals surface area contributed by atoms with Crippen LogP contribution in [0.15, 0.2) is 65.3 Å². The zero-order valence-electron chi connectivity index (χ0n) is 17.5. The van der Waals surface area contributed by atoms with Crippen molar-refractivity contribution in [2.24, 2.45) is 0 Å². The van der Waals surface area contributed by atoms with Crippen molar-refractivity contribution in [3.8, 4) is 11.5 Å². The summed E-state index contributed by atoms with van der Waals surface area (Å²) >= 11 is 3.40. The fraction of sp³-hybridized carbons (Fsp3) is 0.208. The SMILES string of the molecule is COc1ccc(CN2C(=O)[C@](O)(CC(=O)c3ccccn3)c3cc(Br)ccc32)cc1OC. The average Bonchev–Trinajstić information content (AvgIpc) is 3.00. The van der Waals surface area contributed by atoms with Gasteiger partial charge in [0, 0.05) is 16.2 Å². The highest BCUT2D eigenvalue weighted by Crippen LogP contribution is 2.45.